The van der Waals surface area contributed by atoms with Crippen LogP contribution in [-0.4, -0.2) is 42.9 Å². The number of aliphatic hydroxyl groups excluding tert-OH is 1. The molecule has 0 saturated carbocycles. The number of halogens is 1. The van der Waals surface area contributed by atoms with Gasteiger partial charge in [0, 0.05) is 18.8 Å². The minimum atomic E-state index is -0.753. The Kier molecular flexibility index (Phi) is 6.49. The van der Waals surface area contributed by atoms with E-state index >= 15 is 0 Å². The van der Waals surface area contributed by atoms with Gasteiger partial charge in [-0.25, -0.2) is 14.0 Å². The molecule has 2 amide bonds. The molecule has 1 unspecified atom stereocenters. The predicted molar refractivity (Wildman–Crippen MR) is 89.0 cm³/mol. The maximum atomic E-state index is 13.2. The lowest BCUT2D eigenvalue weighted by atomic mass is 9.95. The zero-order chi connectivity index (χ0) is 18.4. The zero-order valence-electron chi connectivity index (χ0n) is 14.1. The van der Waals surface area contributed by atoms with Crippen molar-refractivity contribution >= 4 is 12.0 Å². The molecule has 136 valence electrons. The highest BCUT2D eigenvalue weighted by Crippen LogP contribution is 2.27. The van der Waals surface area contributed by atoms with Crippen LogP contribution >= 0.6 is 0 Å². The van der Waals surface area contributed by atoms with Crippen molar-refractivity contribution in [2.45, 2.75) is 26.0 Å². The fourth-order valence-corrected chi connectivity index (χ4v) is 2.52. The quantitative estimate of drug-likeness (QED) is 0.549. The number of urea groups is 1. The monoisotopic (exact) mass is 351 g/mol. The van der Waals surface area contributed by atoms with E-state index in [4.69, 9.17) is 4.74 Å². The highest BCUT2D eigenvalue weighted by Gasteiger charge is 2.33. The molecule has 0 aliphatic carbocycles. The first-order valence-electron chi connectivity index (χ1n) is 8.04. The molecule has 0 radical (unpaired) electrons. The van der Waals surface area contributed by atoms with Gasteiger partial charge in [0.1, 0.15) is 5.82 Å². The normalized spacial score (nSPS) is 18.4. The van der Waals surface area contributed by atoms with Crippen molar-refractivity contribution in [1.29, 1.82) is 0 Å². The average Bonchev–Trinajstić information content (AvgIpc) is 2.54. The van der Waals surface area contributed by atoms with Crippen LogP contribution in [0.25, 0.3) is 0 Å². The van der Waals surface area contributed by atoms with Crippen molar-refractivity contribution in [3.63, 3.8) is 0 Å². The predicted octanol–water partition coefficient (Wildman–Crippen LogP) is 0.967. The van der Waals surface area contributed by atoms with Crippen LogP contribution in [0.4, 0.5) is 9.18 Å². The third-order valence-electron chi connectivity index (χ3n) is 3.59. The van der Waals surface area contributed by atoms with E-state index in [0.717, 1.165) is 0 Å². The number of hydrogen-bond donors (Lipinski definition) is 4. The van der Waals surface area contributed by atoms with Gasteiger partial charge in [0.2, 0.25) is 0 Å². The van der Waals surface area contributed by atoms with Gasteiger partial charge in [0.05, 0.1) is 24.3 Å². The molecule has 1 aliphatic heterocycles. The third-order valence-corrected chi connectivity index (χ3v) is 3.59. The van der Waals surface area contributed by atoms with Gasteiger partial charge in [-0.15, -0.1) is 0 Å². The molecule has 25 heavy (non-hydrogen) atoms. The van der Waals surface area contributed by atoms with E-state index in [1.54, 1.807) is 13.8 Å². The van der Waals surface area contributed by atoms with Gasteiger partial charge >= 0.3 is 12.0 Å². The number of ether oxygens (including phenoxy) is 1. The third kappa shape index (κ3) is 5.01. The molecular formula is C17H22FN3O4. The highest BCUT2D eigenvalue weighted by molar-refractivity contribution is 5.95. The van der Waals surface area contributed by atoms with Crippen LogP contribution in [0.3, 0.4) is 0 Å². The first-order valence-corrected chi connectivity index (χ1v) is 8.04. The summed E-state index contributed by atoms with van der Waals surface area (Å²) in [5, 5.41) is 17.6. The number of esters is 1. The van der Waals surface area contributed by atoms with Gasteiger partial charge in [0.15, 0.2) is 0 Å². The van der Waals surface area contributed by atoms with Crippen LogP contribution < -0.4 is 16.0 Å². The molecular weight excluding hydrogens is 329 g/mol. The van der Waals surface area contributed by atoms with E-state index in [1.165, 1.54) is 24.3 Å². The van der Waals surface area contributed by atoms with Gasteiger partial charge in [0.25, 0.3) is 0 Å². The minimum absolute atomic E-state index is 0.171. The molecule has 7 nitrogen and oxygen atoms in total. The van der Waals surface area contributed by atoms with Crippen LogP contribution in [-0.2, 0) is 9.53 Å². The summed E-state index contributed by atoms with van der Waals surface area (Å²) in [6.07, 6.45) is -0.572. The van der Waals surface area contributed by atoms with Crippen molar-refractivity contribution in [2.24, 2.45) is 0 Å². The number of hydrogen-bond acceptors (Lipinski definition) is 5. The largest absolute Gasteiger partial charge is 0.463 e. The number of rotatable bonds is 7. The summed E-state index contributed by atoms with van der Waals surface area (Å²) >= 11 is 0. The summed E-state index contributed by atoms with van der Waals surface area (Å²) in [6, 6.07) is 4.31. The first-order chi connectivity index (χ1) is 11.9. The molecule has 1 aromatic carbocycles. The Morgan fingerprint density at radius 1 is 1.40 bits per heavy atom. The smallest absolute Gasteiger partial charge is 0.338 e. The number of nitrogens with one attached hydrogen (secondary N) is 3. The summed E-state index contributed by atoms with van der Waals surface area (Å²) in [5.41, 5.74) is 1.16. The van der Waals surface area contributed by atoms with Gasteiger partial charge in [-0.2, -0.15) is 0 Å². The average molecular weight is 351 g/mol. The van der Waals surface area contributed by atoms with E-state index in [0.29, 0.717) is 17.8 Å². The SMILES string of the molecule is CCOC(=O)C1=C(CNC[C@@H](C)O)NC(=O)NC1c1ccc(F)cc1. The number of carbonyl (C=O) groups excluding carboxylic acids is 2. The molecule has 0 spiro atoms. The van der Waals surface area contributed by atoms with Crippen molar-refractivity contribution in [3.05, 3.63) is 46.9 Å². The van der Waals surface area contributed by atoms with E-state index in [9.17, 15) is 19.1 Å². The van der Waals surface area contributed by atoms with Crippen molar-refractivity contribution in [1.82, 2.24) is 16.0 Å². The van der Waals surface area contributed by atoms with Crippen molar-refractivity contribution < 1.29 is 23.8 Å². The Labute approximate surface area is 145 Å². The van der Waals surface area contributed by atoms with Gasteiger partial charge in [-0.05, 0) is 31.5 Å². The van der Waals surface area contributed by atoms with Gasteiger partial charge in [-0.3, -0.25) is 0 Å². The topological polar surface area (TPSA) is 99.7 Å². The molecule has 2 atom stereocenters. The summed E-state index contributed by atoms with van der Waals surface area (Å²) in [6.45, 7) is 3.95. The lowest BCUT2D eigenvalue weighted by Gasteiger charge is -2.29. The second kappa shape index (κ2) is 8.59. The van der Waals surface area contributed by atoms with Crippen molar-refractivity contribution in [3.8, 4) is 0 Å². The molecule has 1 heterocycles. The van der Waals surface area contributed by atoms with E-state index in [2.05, 4.69) is 16.0 Å². The molecule has 4 N–H and O–H groups in total. The van der Waals surface area contributed by atoms with Crippen LogP contribution in [0.2, 0.25) is 0 Å². The summed E-state index contributed by atoms with van der Waals surface area (Å²) in [4.78, 5) is 24.4. The standard InChI is InChI=1S/C17H22FN3O4/c1-3-25-16(23)14-13(9-19-8-10(2)22)20-17(24)21-15(14)11-4-6-12(18)7-5-11/h4-7,10,15,19,22H,3,8-9H2,1-2H3,(H2,20,21,24)/t10-,15?/m1/s1. The molecule has 0 saturated heterocycles. The molecule has 0 bridgehead atoms. The van der Waals surface area contributed by atoms with Crippen molar-refractivity contribution in [2.75, 3.05) is 19.7 Å². The van der Waals surface area contributed by atoms with E-state index in [-0.39, 0.29) is 18.7 Å². The minimum Gasteiger partial charge on any atom is -0.463 e. The van der Waals surface area contributed by atoms with E-state index in [1.807, 2.05) is 0 Å². The molecule has 2 rings (SSSR count). The molecule has 1 aliphatic rings. The maximum Gasteiger partial charge on any atom is 0.338 e. The number of carbonyl (C=O) groups is 2. The van der Waals surface area contributed by atoms with Gasteiger partial charge < -0.3 is 25.8 Å². The maximum absolute atomic E-state index is 13.2. The lowest BCUT2D eigenvalue weighted by Crippen LogP contribution is -2.48. The highest BCUT2D eigenvalue weighted by atomic mass is 19.1. The Bertz CT molecular complexity index is 658. The second-order valence-corrected chi connectivity index (χ2v) is 5.68. The molecule has 8 heteroatoms. The number of benzene rings is 1. The first kappa shape index (κ1) is 18.9. The summed E-state index contributed by atoms with van der Waals surface area (Å²) in [5.74, 6) is -0.984. The Morgan fingerprint density at radius 3 is 2.68 bits per heavy atom. The molecule has 0 aromatic heterocycles. The number of aliphatic hydroxyl groups is 1. The summed E-state index contributed by atoms with van der Waals surface area (Å²) < 4.78 is 18.3. The van der Waals surface area contributed by atoms with Crippen LogP contribution in [0, 0.1) is 5.82 Å². The Hall–Kier alpha value is -2.45. The van der Waals surface area contributed by atoms with Crippen LogP contribution in [0.15, 0.2) is 35.5 Å². The van der Waals surface area contributed by atoms with Crippen LogP contribution in [0.1, 0.15) is 25.5 Å². The Balaban J connectivity index is 2.38. The fourth-order valence-electron chi connectivity index (χ4n) is 2.52. The number of amides is 2. The zero-order valence-corrected chi connectivity index (χ0v) is 14.1. The molecule has 1 aromatic rings. The van der Waals surface area contributed by atoms with E-state index < -0.39 is 30.0 Å². The van der Waals surface area contributed by atoms with Gasteiger partial charge in [-0.1, -0.05) is 12.1 Å². The lowest BCUT2D eigenvalue weighted by molar-refractivity contribution is -0.139. The molecule has 0 fully saturated rings. The Morgan fingerprint density at radius 2 is 2.08 bits per heavy atom. The summed E-state index contributed by atoms with van der Waals surface area (Å²) in [7, 11) is 0. The fraction of sp³-hybridized carbons (Fsp3) is 0.412. The van der Waals surface area contributed by atoms with Crippen LogP contribution in [0.5, 0.6) is 0 Å². The second-order valence-electron chi connectivity index (χ2n) is 5.68.